The van der Waals surface area contributed by atoms with Gasteiger partial charge in [0.1, 0.15) is 11.4 Å². The second kappa shape index (κ2) is 10.8. The van der Waals surface area contributed by atoms with E-state index in [1.807, 2.05) is 13.8 Å². The molecular weight excluding hydrogens is 356 g/mol. The molecule has 0 saturated carbocycles. The number of nitrogens with zero attached hydrogens (tertiary/aromatic N) is 4. The monoisotopic (exact) mass is 384 g/mol. The Bertz CT molecular complexity index is 778. The molecule has 0 aliphatic heterocycles. The van der Waals surface area contributed by atoms with Gasteiger partial charge in [-0.2, -0.15) is 0 Å². The van der Waals surface area contributed by atoms with Crippen LogP contribution in [0, 0.1) is 0 Å². The Morgan fingerprint density at radius 1 is 0.963 bits per heavy atom. The van der Waals surface area contributed by atoms with E-state index in [2.05, 4.69) is 46.7 Å². The number of carbonyl (C=O) groups is 1. The fourth-order valence-electron chi connectivity index (χ4n) is 2.60. The number of aromatic nitrogens is 3. The van der Waals surface area contributed by atoms with E-state index in [1.165, 1.54) is 11.8 Å². The number of rotatable bonds is 5. The minimum atomic E-state index is 0.0360. The van der Waals surface area contributed by atoms with Crippen LogP contribution in [-0.4, -0.2) is 45.8 Å². The van der Waals surface area contributed by atoms with Gasteiger partial charge in [-0.25, -0.2) is 4.98 Å². The third kappa shape index (κ3) is 5.89. The molecule has 0 radical (unpaired) electrons. The second-order valence-electron chi connectivity index (χ2n) is 6.15. The van der Waals surface area contributed by atoms with Gasteiger partial charge in [0.25, 0.3) is 0 Å². The van der Waals surface area contributed by atoms with Gasteiger partial charge in [-0.05, 0) is 36.8 Å². The maximum atomic E-state index is 11.8. The second-order valence-corrected chi connectivity index (χ2v) is 7.09. The molecular formula is C21H28N4OS. The fraction of sp³-hybridized carbons (Fsp3) is 0.429. The lowest BCUT2D eigenvalue weighted by Gasteiger charge is -2.14. The lowest BCUT2D eigenvalue weighted by Crippen LogP contribution is -2.23. The highest BCUT2D eigenvalue weighted by molar-refractivity contribution is 7.99. The van der Waals surface area contributed by atoms with E-state index in [9.17, 15) is 4.79 Å². The van der Waals surface area contributed by atoms with Crippen molar-refractivity contribution in [3.8, 4) is 0 Å². The zero-order valence-electron chi connectivity index (χ0n) is 16.6. The van der Waals surface area contributed by atoms with E-state index in [-0.39, 0.29) is 5.91 Å². The highest BCUT2D eigenvalue weighted by Crippen LogP contribution is 2.29. The largest absolute Gasteiger partial charge is 0.348 e. The minimum Gasteiger partial charge on any atom is -0.348 e. The normalized spacial score (nSPS) is 15.4. The summed E-state index contributed by atoms with van der Waals surface area (Å²) < 4.78 is 0. The summed E-state index contributed by atoms with van der Waals surface area (Å²) in [4.78, 5) is 18.1. The van der Waals surface area contributed by atoms with Crippen molar-refractivity contribution in [3.63, 3.8) is 0 Å². The number of allylic oxidation sites excluding steroid dienone is 8. The fourth-order valence-corrected chi connectivity index (χ4v) is 3.37. The van der Waals surface area contributed by atoms with Crippen molar-refractivity contribution in [2.24, 2.45) is 0 Å². The first-order valence-electron chi connectivity index (χ1n) is 9.47. The Labute approximate surface area is 166 Å². The van der Waals surface area contributed by atoms with Crippen molar-refractivity contribution in [1.29, 1.82) is 0 Å². The topological polar surface area (TPSA) is 59.0 Å². The van der Waals surface area contributed by atoms with Crippen molar-refractivity contribution >= 4 is 28.8 Å². The molecule has 1 aromatic heterocycles. The summed E-state index contributed by atoms with van der Waals surface area (Å²) in [6.07, 6.45) is 17.0. The Kier molecular flexibility index (Phi) is 8.45. The molecule has 5 nitrogen and oxygen atoms in total. The van der Waals surface area contributed by atoms with Crippen LogP contribution >= 0.6 is 11.8 Å². The molecule has 0 spiro atoms. The Balaban J connectivity index is 0.00000126. The Morgan fingerprint density at radius 3 is 2.07 bits per heavy atom. The van der Waals surface area contributed by atoms with Gasteiger partial charge < -0.3 is 4.90 Å². The molecule has 0 unspecified atom stereocenters. The molecule has 0 saturated heterocycles. The average molecular weight is 385 g/mol. The highest BCUT2D eigenvalue weighted by atomic mass is 32.2. The number of hydrogen-bond acceptors (Lipinski definition) is 5. The van der Waals surface area contributed by atoms with Crippen molar-refractivity contribution in [2.45, 2.75) is 44.7 Å². The van der Waals surface area contributed by atoms with Gasteiger partial charge in [-0.15, -0.1) is 10.2 Å². The van der Waals surface area contributed by atoms with E-state index in [0.29, 0.717) is 10.9 Å². The zero-order chi connectivity index (χ0) is 19.6. The molecule has 0 N–H and O–H groups in total. The van der Waals surface area contributed by atoms with Gasteiger partial charge in [0.2, 0.25) is 11.1 Å². The van der Waals surface area contributed by atoms with Crippen molar-refractivity contribution in [1.82, 2.24) is 20.1 Å². The summed E-state index contributed by atoms with van der Waals surface area (Å²) in [7, 11) is 3.49. The van der Waals surface area contributed by atoms with E-state index < -0.39 is 0 Å². The third-order valence-electron chi connectivity index (χ3n) is 4.03. The predicted octanol–water partition coefficient (Wildman–Crippen LogP) is 4.54. The summed E-state index contributed by atoms with van der Waals surface area (Å²) in [6.45, 7) is 4.00. The lowest BCUT2D eigenvalue weighted by atomic mass is 9.97. The molecule has 27 heavy (non-hydrogen) atoms. The molecule has 0 bridgehead atoms. The summed E-state index contributed by atoms with van der Waals surface area (Å²) >= 11 is 1.33. The molecule has 144 valence electrons. The number of carbonyl (C=O) groups excluding carboxylic acids is 1. The Morgan fingerprint density at radius 2 is 1.56 bits per heavy atom. The molecule has 2 aliphatic rings. The number of amides is 1. The molecule has 2 aliphatic carbocycles. The molecule has 1 amide bonds. The molecule has 1 heterocycles. The summed E-state index contributed by atoms with van der Waals surface area (Å²) in [5.41, 5.74) is 3.82. The van der Waals surface area contributed by atoms with Crippen LogP contribution < -0.4 is 0 Å². The van der Waals surface area contributed by atoms with E-state index >= 15 is 0 Å². The standard InChI is InChI=1S/C19H22N4OS.C2H6/c1-23(2)16(24)13-25-19-20-17(14-9-5-3-6-10-14)18(21-22-19)15-11-7-4-8-12-15;1-2/h5,7,9-12H,3-4,6,8,13H2,1-2H3;1-2H3. The molecule has 3 rings (SSSR count). The first-order valence-corrected chi connectivity index (χ1v) is 10.5. The molecule has 1 aromatic rings. The van der Waals surface area contributed by atoms with E-state index in [1.54, 1.807) is 19.0 Å². The van der Waals surface area contributed by atoms with Gasteiger partial charge in [0.05, 0.1) is 5.75 Å². The zero-order valence-corrected chi connectivity index (χ0v) is 17.4. The van der Waals surface area contributed by atoms with Gasteiger partial charge in [0, 0.05) is 14.1 Å². The van der Waals surface area contributed by atoms with Crippen molar-refractivity contribution < 1.29 is 4.79 Å². The SMILES string of the molecule is CC.CN(C)C(=O)CSc1nnc(C2=CCCC=C2)c(C2=CCCC=C2)n1. The summed E-state index contributed by atoms with van der Waals surface area (Å²) in [5, 5.41) is 9.23. The maximum absolute atomic E-state index is 11.8. The minimum absolute atomic E-state index is 0.0360. The molecule has 0 aromatic carbocycles. The molecule has 0 atom stereocenters. The average Bonchev–Trinajstić information content (AvgIpc) is 2.74. The van der Waals surface area contributed by atoms with Gasteiger partial charge in [-0.1, -0.05) is 62.1 Å². The quantitative estimate of drug-likeness (QED) is 0.697. The van der Waals surface area contributed by atoms with Crippen molar-refractivity contribution in [3.05, 3.63) is 47.8 Å². The van der Waals surface area contributed by atoms with Crippen molar-refractivity contribution in [2.75, 3.05) is 19.8 Å². The first kappa shape index (κ1) is 21.1. The smallest absolute Gasteiger partial charge is 0.232 e. The summed E-state index contributed by atoms with van der Waals surface area (Å²) in [6, 6.07) is 0. The van der Waals surface area contributed by atoms with Crippen LogP contribution in [0.25, 0.3) is 11.1 Å². The van der Waals surface area contributed by atoms with Gasteiger partial charge >= 0.3 is 0 Å². The first-order chi connectivity index (χ1) is 13.1. The van der Waals surface area contributed by atoms with Crippen LogP contribution in [0.3, 0.4) is 0 Å². The van der Waals surface area contributed by atoms with Crippen LogP contribution in [0.5, 0.6) is 0 Å². The van der Waals surface area contributed by atoms with Crippen LogP contribution in [0.2, 0.25) is 0 Å². The Hall–Kier alpha value is -2.21. The van der Waals surface area contributed by atoms with Crippen LogP contribution in [-0.2, 0) is 4.79 Å². The van der Waals surface area contributed by atoms with Crippen LogP contribution in [0.4, 0.5) is 0 Å². The number of thioether (sulfide) groups is 1. The maximum Gasteiger partial charge on any atom is 0.232 e. The molecule has 0 fully saturated rings. The predicted molar refractivity (Wildman–Crippen MR) is 113 cm³/mol. The van der Waals surface area contributed by atoms with Crippen LogP contribution in [0.15, 0.2) is 41.6 Å². The van der Waals surface area contributed by atoms with E-state index in [0.717, 1.165) is 48.2 Å². The van der Waals surface area contributed by atoms with E-state index in [4.69, 9.17) is 4.98 Å². The number of hydrogen-bond donors (Lipinski definition) is 0. The van der Waals surface area contributed by atoms with Gasteiger partial charge in [-0.3, -0.25) is 4.79 Å². The van der Waals surface area contributed by atoms with Gasteiger partial charge in [0.15, 0.2) is 0 Å². The highest BCUT2D eigenvalue weighted by Gasteiger charge is 2.17. The lowest BCUT2D eigenvalue weighted by molar-refractivity contribution is -0.125. The van der Waals surface area contributed by atoms with Crippen LogP contribution in [0.1, 0.15) is 50.9 Å². The summed E-state index contributed by atoms with van der Waals surface area (Å²) in [5.74, 6) is 0.347. The molecule has 6 heteroatoms. The third-order valence-corrected chi connectivity index (χ3v) is 4.85.